The molecule has 0 aliphatic carbocycles. The SMILES string of the molecule is CN(C)/C=C/C(/C=C(\N)NC(C)(C)C)=C(/N)Cl. The molecular weight excluding hydrogens is 236 g/mol. The number of nitrogens with two attached hydrogens (primary N) is 2. The van der Waals surface area contributed by atoms with Crippen LogP contribution in [-0.2, 0) is 0 Å². The van der Waals surface area contributed by atoms with E-state index in [1.807, 2.05) is 46.0 Å². The molecule has 0 aliphatic heterocycles. The van der Waals surface area contributed by atoms with Crippen molar-refractivity contribution in [1.29, 1.82) is 0 Å². The molecule has 5 N–H and O–H groups in total. The molecule has 0 aromatic rings. The molecule has 0 bridgehead atoms. The zero-order valence-electron chi connectivity index (χ0n) is 11.2. The summed E-state index contributed by atoms with van der Waals surface area (Å²) in [4.78, 5) is 1.89. The monoisotopic (exact) mass is 258 g/mol. The lowest BCUT2D eigenvalue weighted by Gasteiger charge is -2.22. The van der Waals surface area contributed by atoms with Crippen molar-refractivity contribution < 1.29 is 0 Å². The number of halogens is 1. The molecule has 0 unspecified atom stereocenters. The van der Waals surface area contributed by atoms with Crippen LogP contribution in [0.2, 0.25) is 0 Å². The highest BCUT2D eigenvalue weighted by Gasteiger charge is 2.09. The van der Waals surface area contributed by atoms with Crippen LogP contribution >= 0.6 is 11.6 Å². The predicted octanol–water partition coefficient (Wildman–Crippen LogP) is 1.66. The number of nitrogens with zero attached hydrogens (tertiary/aromatic N) is 1. The minimum absolute atomic E-state index is 0.0992. The Morgan fingerprint density at radius 3 is 2.12 bits per heavy atom. The van der Waals surface area contributed by atoms with Crippen molar-refractivity contribution in [2.45, 2.75) is 26.3 Å². The molecule has 0 atom stereocenters. The van der Waals surface area contributed by atoms with Crippen molar-refractivity contribution in [2.75, 3.05) is 14.1 Å². The highest BCUT2D eigenvalue weighted by molar-refractivity contribution is 6.29. The Bertz CT molecular complexity index is 331. The third kappa shape index (κ3) is 8.51. The lowest BCUT2D eigenvalue weighted by molar-refractivity contribution is 0.470. The fourth-order valence-corrected chi connectivity index (χ4v) is 1.18. The minimum atomic E-state index is -0.0992. The second-order valence-corrected chi connectivity index (χ2v) is 5.46. The molecule has 0 fully saturated rings. The molecule has 5 heteroatoms. The third-order valence-corrected chi connectivity index (χ3v) is 1.88. The first kappa shape index (κ1) is 15.7. The normalized spacial score (nSPS) is 14.8. The van der Waals surface area contributed by atoms with Gasteiger partial charge in [0, 0.05) is 25.2 Å². The summed E-state index contributed by atoms with van der Waals surface area (Å²) in [5.74, 6) is 0.527. The van der Waals surface area contributed by atoms with Crippen LogP contribution in [0, 0.1) is 0 Å². The number of allylic oxidation sites excluding steroid dienone is 3. The lowest BCUT2D eigenvalue weighted by Crippen LogP contribution is -2.38. The van der Waals surface area contributed by atoms with Gasteiger partial charge in [0.15, 0.2) is 0 Å². The molecule has 0 rings (SSSR count). The van der Waals surface area contributed by atoms with Crippen molar-refractivity contribution in [2.24, 2.45) is 11.5 Å². The Balaban J connectivity index is 4.90. The number of hydrogen-bond acceptors (Lipinski definition) is 4. The van der Waals surface area contributed by atoms with E-state index in [1.165, 1.54) is 0 Å². The van der Waals surface area contributed by atoms with Gasteiger partial charge in [-0.15, -0.1) is 0 Å². The summed E-state index contributed by atoms with van der Waals surface area (Å²) in [5, 5.41) is 3.35. The molecule has 98 valence electrons. The van der Waals surface area contributed by atoms with Gasteiger partial charge in [0.2, 0.25) is 0 Å². The lowest BCUT2D eigenvalue weighted by atomic mass is 10.1. The molecule has 0 saturated carbocycles. The summed E-state index contributed by atoms with van der Waals surface area (Å²) in [6, 6.07) is 0. The zero-order chi connectivity index (χ0) is 13.6. The van der Waals surface area contributed by atoms with Gasteiger partial charge in [-0.25, -0.2) is 0 Å². The maximum Gasteiger partial charge on any atom is 0.107 e. The number of rotatable bonds is 4. The maximum atomic E-state index is 5.86. The Morgan fingerprint density at radius 1 is 1.24 bits per heavy atom. The Kier molecular flexibility index (Phi) is 5.96. The smallest absolute Gasteiger partial charge is 0.107 e. The Hall–Kier alpha value is -1.29. The summed E-state index contributed by atoms with van der Waals surface area (Å²) in [6.45, 7) is 6.07. The summed E-state index contributed by atoms with van der Waals surface area (Å²) >= 11 is 5.80. The molecule has 0 amide bonds. The van der Waals surface area contributed by atoms with Crippen molar-refractivity contribution in [3.8, 4) is 0 Å². The molecule has 0 aromatic carbocycles. The second-order valence-electron chi connectivity index (χ2n) is 5.06. The quantitative estimate of drug-likeness (QED) is 0.530. The van der Waals surface area contributed by atoms with Crippen molar-refractivity contribution in [1.82, 2.24) is 10.2 Å². The summed E-state index contributed by atoms with van der Waals surface area (Å²) in [5.41, 5.74) is 12.0. The molecule has 4 nitrogen and oxygen atoms in total. The molecule has 17 heavy (non-hydrogen) atoms. The van der Waals surface area contributed by atoms with Gasteiger partial charge in [0.25, 0.3) is 0 Å². The van der Waals surface area contributed by atoms with Gasteiger partial charge in [-0.2, -0.15) is 0 Å². The minimum Gasteiger partial charge on any atom is -0.389 e. The number of hydrogen-bond donors (Lipinski definition) is 3. The molecule has 0 saturated heterocycles. The van der Waals surface area contributed by atoms with Crippen LogP contribution in [0.3, 0.4) is 0 Å². The largest absolute Gasteiger partial charge is 0.389 e. The van der Waals surface area contributed by atoms with Crippen LogP contribution in [0.5, 0.6) is 0 Å². The molecule has 0 aromatic heterocycles. The van der Waals surface area contributed by atoms with Gasteiger partial charge in [-0.1, -0.05) is 11.6 Å². The van der Waals surface area contributed by atoms with E-state index in [4.69, 9.17) is 23.1 Å². The van der Waals surface area contributed by atoms with Crippen LogP contribution in [-0.4, -0.2) is 24.5 Å². The average molecular weight is 259 g/mol. The van der Waals surface area contributed by atoms with E-state index in [0.717, 1.165) is 0 Å². The molecular formula is C12H23ClN4. The fraction of sp³-hybridized carbons (Fsp3) is 0.500. The summed E-state index contributed by atoms with van der Waals surface area (Å²) in [7, 11) is 3.83. The van der Waals surface area contributed by atoms with E-state index in [-0.39, 0.29) is 10.7 Å². The maximum absolute atomic E-state index is 5.86. The van der Waals surface area contributed by atoms with Crippen molar-refractivity contribution in [3.63, 3.8) is 0 Å². The summed E-state index contributed by atoms with van der Waals surface area (Å²) < 4.78 is 0. The van der Waals surface area contributed by atoms with E-state index in [0.29, 0.717) is 11.4 Å². The van der Waals surface area contributed by atoms with Crippen LogP contribution in [0.1, 0.15) is 20.8 Å². The van der Waals surface area contributed by atoms with Crippen LogP contribution in [0.15, 0.2) is 34.9 Å². The first-order valence-electron chi connectivity index (χ1n) is 5.37. The Morgan fingerprint density at radius 2 is 1.76 bits per heavy atom. The van der Waals surface area contributed by atoms with Gasteiger partial charge in [0.1, 0.15) is 5.16 Å². The van der Waals surface area contributed by atoms with Gasteiger partial charge in [-0.3, -0.25) is 0 Å². The Labute approximate surface area is 109 Å². The molecule has 0 aliphatic rings. The molecule has 0 radical (unpaired) electrons. The van der Waals surface area contributed by atoms with E-state index >= 15 is 0 Å². The highest BCUT2D eigenvalue weighted by atomic mass is 35.5. The van der Waals surface area contributed by atoms with Crippen molar-refractivity contribution >= 4 is 11.6 Å². The van der Waals surface area contributed by atoms with E-state index in [1.54, 1.807) is 12.2 Å². The predicted molar refractivity (Wildman–Crippen MR) is 75.1 cm³/mol. The van der Waals surface area contributed by atoms with Gasteiger partial charge < -0.3 is 21.7 Å². The average Bonchev–Trinajstić information content (AvgIpc) is 2.08. The topological polar surface area (TPSA) is 67.3 Å². The first-order chi connectivity index (χ1) is 7.61. The zero-order valence-corrected chi connectivity index (χ0v) is 12.0. The standard InChI is InChI=1S/C12H23ClN4/c1-12(2,3)16-10(14)8-9(11(13)15)6-7-17(4)5/h6-8,16H,14-15H2,1-5H3/b7-6+,10-8+,11-9-. The van der Waals surface area contributed by atoms with E-state index < -0.39 is 0 Å². The van der Waals surface area contributed by atoms with Gasteiger partial charge in [0.05, 0.1) is 5.82 Å². The van der Waals surface area contributed by atoms with E-state index in [9.17, 15) is 0 Å². The summed E-state index contributed by atoms with van der Waals surface area (Å²) in [6.07, 6.45) is 5.37. The molecule has 0 heterocycles. The van der Waals surface area contributed by atoms with Gasteiger partial charge >= 0.3 is 0 Å². The number of nitrogens with one attached hydrogen (secondary N) is 1. The third-order valence-electron chi connectivity index (χ3n) is 1.66. The fourth-order valence-electron chi connectivity index (χ4n) is 1.06. The first-order valence-corrected chi connectivity index (χ1v) is 5.75. The second kappa shape index (κ2) is 6.45. The van der Waals surface area contributed by atoms with Crippen molar-refractivity contribution in [3.05, 3.63) is 34.9 Å². The highest BCUT2D eigenvalue weighted by Crippen LogP contribution is 2.10. The van der Waals surface area contributed by atoms with Gasteiger partial charge in [-0.05, 0) is 39.1 Å². The van der Waals surface area contributed by atoms with E-state index in [2.05, 4.69) is 5.32 Å². The van der Waals surface area contributed by atoms with Crippen LogP contribution in [0.4, 0.5) is 0 Å². The van der Waals surface area contributed by atoms with Crippen LogP contribution in [0.25, 0.3) is 0 Å². The van der Waals surface area contributed by atoms with Crippen LogP contribution < -0.4 is 16.8 Å². The molecule has 0 spiro atoms.